The van der Waals surface area contributed by atoms with Crippen molar-refractivity contribution in [1.29, 1.82) is 0 Å². The van der Waals surface area contributed by atoms with Crippen molar-refractivity contribution in [3.8, 4) is 11.4 Å². The summed E-state index contributed by atoms with van der Waals surface area (Å²) in [5.41, 5.74) is 3.31. The minimum Gasteiger partial charge on any atom is -0.342 e. The van der Waals surface area contributed by atoms with Gasteiger partial charge in [-0.3, -0.25) is 4.79 Å². The highest BCUT2D eigenvalue weighted by Gasteiger charge is 2.17. The van der Waals surface area contributed by atoms with Crippen LogP contribution in [0, 0.1) is 12.8 Å². The summed E-state index contributed by atoms with van der Waals surface area (Å²) in [5.74, 6) is 1.72. The van der Waals surface area contributed by atoms with Crippen LogP contribution in [0.15, 0.2) is 59.1 Å². The fourth-order valence-electron chi connectivity index (χ4n) is 3.22. The van der Waals surface area contributed by atoms with Crippen LogP contribution in [0.25, 0.3) is 11.4 Å². The number of rotatable bonds is 9. The van der Waals surface area contributed by atoms with Gasteiger partial charge in [0.1, 0.15) is 0 Å². The van der Waals surface area contributed by atoms with Crippen molar-refractivity contribution >= 4 is 5.91 Å². The van der Waals surface area contributed by atoms with Crippen molar-refractivity contribution < 1.29 is 9.32 Å². The maximum absolute atomic E-state index is 12.8. The van der Waals surface area contributed by atoms with E-state index in [0.717, 1.165) is 18.5 Å². The number of hydrogen-bond donors (Lipinski definition) is 0. The third-order valence-corrected chi connectivity index (χ3v) is 4.78. The molecule has 5 heteroatoms. The van der Waals surface area contributed by atoms with Crippen molar-refractivity contribution in [2.45, 2.75) is 40.0 Å². The lowest BCUT2D eigenvalue weighted by atomic mass is 10.1. The van der Waals surface area contributed by atoms with Crippen LogP contribution in [0.4, 0.5) is 0 Å². The molecule has 0 aliphatic rings. The molecule has 0 spiro atoms. The number of nitrogens with zero attached hydrogens (tertiary/aromatic N) is 3. The molecule has 0 aliphatic carbocycles. The van der Waals surface area contributed by atoms with E-state index in [2.05, 4.69) is 36.1 Å². The van der Waals surface area contributed by atoms with E-state index in [1.54, 1.807) is 0 Å². The summed E-state index contributed by atoms with van der Waals surface area (Å²) < 4.78 is 5.41. The van der Waals surface area contributed by atoms with Crippen LogP contribution in [-0.4, -0.2) is 34.0 Å². The molecule has 152 valence electrons. The van der Waals surface area contributed by atoms with Crippen LogP contribution in [0.2, 0.25) is 0 Å². The van der Waals surface area contributed by atoms with Crippen LogP contribution in [0.3, 0.4) is 0 Å². The Labute approximate surface area is 172 Å². The normalized spacial score (nSPS) is 11.0. The van der Waals surface area contributed by atoms with Gasteiger partial charge < -0.3 is 9.42 Å². The molecule has 3 rings (SSSR count). The van der Waals surface area contributed by atoms with Gasteiger partial charge in [0.05, 0.1) is 0 Å². The standard InChI is InChI=1S/C24H29N3O2/c1-18(2)17-27(23(28)14-11-20-7-5-4-6-8-20)16-15-22-25-24(26-29-22)21-12-9-19(3)10-13-21/h4-10,12-13,18H,11,14-17H2,1-3H3. The van der Waals surface area contributed by atoms with E-state index in [9.17, 15) is 4.79 Å². The molecule has 0 aliphatic heterocycles. The maximum Gasteiger partial charge on any atom is 0.228 e. The molecule has 0 atom stereocenters. The number of aromatic nitrogens is 2. The van der Waals surface area contributed by atoms with Gasteiger partial charge in [0.15, 0.2) is 0 Å². The second kappa shape index (κ2) is 10.0. The molecule has 0 unspecified atom stereocenters. The smallest absolute Gasteiger partial charge is 0.228 e. The quantitative estimate of drug-likeness (QED) is 0.530. The molecule has 1 amide bonds. The van der Waals surface area contributed by atoms with E-state index in [1.165, 1.54) is 11.1 Å². The van der Waals surface area contributed by atoms with E-state index in [1.807, 2.05) is 54.3 Å². The Hall–Kier alpha value is -2.95. The first-order valence-electron chi connectivity index (χ1n) is 10.2. The first kappa shape index (κ1) is 20.8. The lowest BCUT2D eigenvalue weighted by molar-refractivity contribution is -0.131. The van der Waals surface area contributed by atoms with Crippen molar-refractivity contribution in [1.82, 2.24) is 15.0 Å². The van der Waals surface area contributed by atoms with Crippen molar-refractivity contribution in [2.24, 2.45) is 5.92 Å². The summed E-state index contributed by atoms with van der Waals surface area (Å²) in [7, 11) is 0. The third-order valence-electron chi connectivity index (χ3n) is 4.78. The Balaban J connectivity index is 1.58. The summed E-state index contributed by atoms with van der Waals surface area (Å²) >= 11 is 0. The predicted molar refractivity (Wildman–Crippen MR) is 114 cm³/mol. The molecule has 1 heterocycles. The van der Waals surface area contributed by atoms with Gasteiger partial charge in [-0.15, -0.1) is 0 Å². The van der Waals surface area contributed by atoms with Crippen LogP contribution in [0.5, 0.6) is 0 Å². The predicted octanol–water partition coefficient (Wildman–Crippen LogP) is 4.70. The van der Waals surface area contributed by atoms with Gasteiger partial charge in [0.25, 0.3) is 0 Å². The average Bonchev–Trinajstić information content (AvgIpc) is 3.19. The average molecular weight is 392 g/mol. The van der Waals surface area contributed by atoms with Crippen LogP contribution >= 0.6 is 0 Å². The number of amides is 1. The molecular formula is C24H29N3O2. The largest absolute Gasteiger partial charge is 0.342 e. The van der Waals surface area contributed by atoms with Crippen LogP contribution in [-0.2, 0) is 17.6 Å². The zero-order chi connectivity index (χ0) is 20.6. The van der Waals surface area contributed by atoms with Crippen LogP contribution in [0.1, 0.15) is 37.3 Å². The third kappa shape index (κ3) is 6.28. The number of carbonyl (C=O) groups excluding carboxylic acids is 1. The van der Waals surface area contributed by atoms with Gasteiger partial charge in [-0.05, 0) is 24.8 Å². The molecule has 29 heavy (non-hydrogen) atoms. The van der Waals surface area contributed by atoms with Crippen molar-refractivity contribution in [3.63, 3.8) is 0 Å². The lowest BCUT2D eigenvalue weighted by Crippen LogP contribution is -2.36. The first-order valence-corrected chi connectivity index (χ1v) is 10.2. The van der Waals surface area contributed by atoms with E-state index in [-0.39, 0.29) is 5.91 Å². The number of hydrogen-bond acceptors (Lipinski definition) is 4. The maximum atomic E-state index is 12.8. The van der Waals surface area contributed by atoms with Crippen LogP contribution < -0.4 is 0 Å². The molecule has 0 saturated heterocycles. The number of aryl methyl sites for hydroxylation is 2. The second-order valence-electron chi connectivity index (χ2n) is 7.85. The summed E-state index contributed by atoms with van der Waals surface area (Å²) in [5, 5.41) is 4.09. The van der Waals surface area contributed by atoms with Gasteiger partial charge in [0, 0.05) is 31.5 Å². The van der Waals surface area contributed by atoms with Crippen molar-refractivity contribution in [3.05, 3.63) is 71.6 Å². The molecule has 3 aromatic rings. The zero-order valence-corrected chi connectivity index (χ0v) is 17.5. The SMILES string of the molecule is Cc1ccc(-c2noc(CCN(CC(C)C)C(=O)CCc3ccccc3)n2)cc1. The summed E-state index contributed by atoms with van der Waals surface area (Å²) in [4.78, 5) is 19.2. The Kier molecular flexibility index (Phi) is 7.17. The molecule has 1 aromatic heterocycles. The lowest BCUT2D eigenvalue weighted by Gasteiger charge is -2.24. The molecule has 0 N–H and O–H groups in total. The molecular weight excluding hydrogens is 362 g/mol. The Morgan fingerprint density at radius 2 is 1.76 bits per heavy atom. The fraction of sp³-hybridized carbons (Fsp3) is 0.375. The number of benzene rings is 2. The van der Waals surface area contributed by atoms with Gasteiger partial charge >= 0.3 is 0 Å². The second-order valence-corrected chi connectivity index (χ2v) is 7.85. The highest BCUT2D eigenvalue weighted by Crippen LogP contribution is 2.17. The van der Waals surface area contributed by atoms with Gasteiger partial charge in [-0.1, -0.05) is 79.2 Å². The van der Waals surface area contributed by atoms with E-state index in [0.29, 0.717) is 37.0 Å². The summed E-state index contributed by atoms with van der Waals surface area (Å²) in [6, 6.07) is 18.2. The molecule has 5 nitrogen and oxygen atoms in total. The highest BCUT2D eigenvalue weighted by atomic mass is 16.5. The molecule has 0 radical (unpaired) electrons. The molecule has 0 saturated carbocycles. The molecule has 0 bridgehead atoms. The Morgan fingerprint density at radius 1 is 1.03 bits per heavy atom. The zero-order valence-electron chi connectivity index (χ0n) is 17.5. The highest BCUT2D eigenvalue weighted by molar-refractivity contribution is 5.76. The summed E-state index contributed by atoms with van der Waals surface area (Å²) in [6.45, 7) is 7.61. The molecule has 2 aromatic carbocycles. The summed E-state index contributed by atoms with van der Waals surface area (Å²) in [6.07, 6.45) is 1.82. The minimum atomic E-state index is 0.167. The Bertz CT molecular complexity index is 901. The minimum absolute atomic E-state index is 0.167. The monoisotopic (exact) mass is 391 g/mol. The fourth-order valence-corrected chi connectivity index (χ4v) is 3.22. The Morgan fingerprint density at radius 3 is 2.45 bits per heavy atom. The van der Waals surface area contributed by atoms with E-state index >= 15 is 0 Å². The first-order chi connectivity index (χ1) is 14.0. The topological polar surface area (TPSA) is 59.2 Å². The van der Waals surface area contributed by atoms with Gasteiger partial charge in [-0.25, -0.2) is 0 Å². The van der Waals surface area contributed by atoms with Gasteiger partial charge in [0.2, 0.25) is 17.6 Å². The molecule has 0 fully saturated rings. The van der Waals surface area contributed by atoms with E-state index in [4.69, 9.17) is 4.52 Å². The van der Waals surface area contributed by atoms with E-state index < -0.39 is 0 Å². The van der Waals surface area contributed by atoms with Gasteiger partial charge in [-0.2, -0.15) is 4.98 Å². The van der Waals surface area contributed by atoms with Crippen molar-refractivity contribution in [2.75, 3.05) is 13.1 Å². The number of carbonyl (C=O) groups is 1.